The Balaban J connectivity index is 1.80. The van der Waals surface area contributed by atoms with Crippen molar-refractivity contribution < 1.29 is 4.79 Å². The van der Waals surface area contributed by atoms with Gasteiger partial charge in [-0.25, -0.2) is 0 Å². The van der Waals surface area contributed by atoms with Crippen LogP contribution in [0.1, 0.15) is 23.2 Å². The molecule has 0 spiro atoms. The van der Waals surface area contributed by atoms with Crippen molar-refractivity contribution >= 4 is 56.7 Å². The van der Waals surface area contributed by atoms with Crippen LogP contribution in [0.5, 0.6) is 0 Å². The summed E-state index contributed by atoms with van der Waals surface area (Å²) in [6.45, 7) is 0. The molecule has 0 radical (unpaired) electrons. The molecule has 0 saturated heterocycles. The highest BCUT2D eigenvalue weighted by Gasteiger charge is 2.07. The normalized spacial score (nSPS) is 10.6. The van der Waals surface area contributed by atoms with E-state index in [1.54, 1.807) is 23.9 Å². The van der Waals surface area contributed by atoms with E-state index in [9.17, 15) is 4.79 Å². The standard InChI is InChI=1S/C16H13BrCl2OS/c17-12-5-3-11(4-6-12)15(20)2-1-9-21-16-10-13(18)7-8-14(16)19/h3-8,10H,1-2,9H2. The van der Waals surface area contributed by atoms with Crippen LogP contribution >= 0.6 is 50.9 Å². The van der Waals surface area contributed by atoms with Crippen molar-refractivity contribution in [2.24, 2.45) is 0 Å². The topological polar surface area (TPSA) is 17.1 Å². The van der Waals surface area contributed by atoms with Gasteiger partial charge < -0.3 is 0 Å². The van der Waals surface area contributed by atoms with Crippen molar-refractivity contribution in [3.8, 4) is 0 Å². The van der Waals surface area contributed by atoms with Gasteiger partial charge in [0.05, 0.1) is 5.02 Å². The Hall–Kier alpha value is -0.480. The zero-order valence-corrected chi connectivity index (χ0v) is 15.0. The summed E-state index contributed by atoms with van der Waals surface area (Å²) >= 11 is 17.0. The van der Waals surface area contributed by atoms with Crippen LogP contribution in [-0.2, 0) is 0 Å². The maximum Gasteiger partial charge on any atom is 0.162 e. The fourth-order valence-electron chi connectivity index (χ4n) is 1.78. The molecular formula is C16H13BrCl2OS. The molecule has 1 nitrogen and oxygen atoms in total. The Bertz CT molecular complexity index is 629. The van der Waals surface area contributed by atoms with Crippen LogP contribution < -0.4 is 0 Å². The monoisotopic (exact) mass is 402 g/mol. The second-order valence-electron chi connectivity index (χ2n) is 4.46. The molecule has 0 aliphatic rings. The highest BCUT2D eigenvalue weighted by molar-refractivity contribution is 9.10. The molecule has 110 valence electrons. The molecule has 0 N–H and O–H groups in total. The summed E-state index contributed by atoms with van der Waals surface area (Å²) < 4.78 is 0.977. The van der Waals surface area contributed by atoms with E-state index in [1.807, 2.05) is 30.3 Å². The minimum atomic E-state index is 0.167. The van der Waals surface area contributed by atoms with Gasteiger partial charge >= 0.3 is 0 Å². The zero-order chi connectivity index (χ0) is 15.2. The number of thioether (sulfide) groups is 1. The minimum absolute atomic E-state index is 0.167. The SMILES string of the molecule is O=C(CCCSc1cc(Cl)ccc1Cl)c1ccc(Br)cc1. The van der Waals surface area contributed by atoms with Crippen LogP contribution in [0.2, 0.25) is 10.0 Å². The fraction of sp³-hybridized carbons (Fsp3) is 0.188. The molecule has 0 heterocycles. The van der Waals surface area contributed by atoms with Crippen LogP contribution in [0.25, 0.3) is 0 Å². The van der Waals surface area contributed by atoms with E-state index in [0.717, 1.165) is 27.1 Å². The molecule has 0 saturated carbocycles. The van der Waals surface area contributed by atoms with E-state index >= 15 is 0 Å². The summed E-state index contributed by atoms with van der Waals surface area (Å²) in [6, 6.07) is 12.9. The number of halogens is 3. The molecule has 2 aromatic rings. The van der Waals surface area contributed by atoms with Crippen molar-refractivity contribution in [1.29, 1.82) is 0 Å². The Kier molecular flexibility index (Phi) is 6.62. The maximum atomic E-state index is 12.0. The number of carbonyl (C=O) groups is 1. The van der Waals surface area contributed by atoms with Gasteiger partial charge in [0.2, 0.25) is 0 Å². The molecule has 0 aliphatic carbocycles. The molecule has 0 bridgehead atoms. The molecule has 0 aromatic heterocycles. The highest BCUT2D eigenvalue weighted by Crippen LogP contribution is 2.30. The van der Waals surface area contributed by atoms with E-state index < -0.39 is 0 Å². The molecule has 0 atom stereocenters. The summed E-state index contributed by atoms with van der Waals surface area (Å²) in [4.78, 5) is 13.0. The smallest absolute Gasteiger partial charge is 0.162 e. The lowest BCUT2D eigenvalue weighted by atomic mass is 10.1. The summed E-state index contributed by atoms with van der Waals surface area (Å²) in [5, 5.41) is 1.37. The molecule has 2 aromatic carbocycles. The number of ketones is 1. The van der Waals surface area contributed by atoms with Crippen molar-refractivity contribution in [3.63, 3.8) is 0 Å². The third kappa shape index (κ3) is 5.33. The van der Waals surface area contributed by atoms with Crippen molar-refractivity contribution in [2.75, 3.05) is 5.75 Å². The molecule has 0 amide bonds. The lowest BCUT2D eigenvalue weighted by molar-refractivity contribution is 0.0982. The van der Waals surface area contributed by atoms with E-state index in [4.69, 9.17) is 23.2 Å². The van der Waals surface area contributed by atoms with Crippen molar-refractivity contribution in [3.05, 3.63) is 62.5 Å². The van der Waals surface area contributed by atoms with Gasteiger partial charge in [0.25, 0.3) is 0 Å². The van der Waals surface area contributed by atoms with Gasteiger partial charge in [-0.3, -0.25) is 4.79 Å². The highest BCUT2D eigenvalue weighted by atomic mass is 79.9. The van der Waals surface area contributed by atoms with E-state index in [2.05, 4.69) is 15.9 Å². The lowest BCUT2D eigenvalue weighted by Crippen LogP contribution is -1.99. The summed E-state index contributed by atoms with van der Waals surface area (Å²) in [7, 11) is 0. The van der Waals surface area contributed by atoms with Crippen molar-refractivity contribution in [2.45, 2.75) is 17.7 Å². The molecule has 0 unspecified atom stereocenters. The number of hydrogen-bond donors (Lipinski definition) is 0. The second kappa shape index (κ2) is 8.23. The van der Waals surface area contributed by atoms with Crippen LogP contribution in [-0.4, -0.2) is 11.5 Å². The zero-order valence-electron chi connectivity index (χ0n) is 11.1. The van der Waals surface area contributed by atoms with Crippen LogP contribution in [0.15, 0.2) is 51.8 Å². The summed E-state index contributed by atoms with van der Waals surface area (Å²) in [6.07, 6.45) is 1.34. The van der Waals surface area contributed by atoms with Gasteiger partial charge in [-0.1, -0.05) is 51.3 Å². The first kappa shape index (κ1) is 16.9. The van der Waals surface area contributed by atoms with Gasteiger partial charge in [-0.2, -0.15) is 0 Å². The Labute approximate surface area is 147 Å². The average molecular weight is 404 g/mol. The number of carbonyl (C=O) groups excluding carboxylic acids is 1. The molecule has 21 heavy (non-hydrogen) atoms. The summed E-state index contributed by atoms with van der Waals surface area (Å²) in [5.41, 5.74) is 0.754. The molecule has 2 rings (SSSR count). The molecular weight excluding hydrogens is 391 g/mol. The second-order valence-corrected chi connectivity index (χ2v) is 7.35. The number of benzene rings is 2. The lowest BCUT2D eigenvalue weighted by Gasteiger charge is -2.05. The quantitative estimate of drug-likeness (QED) is 0.310. The third-order valence-corrected chi connectivity index (χ3v) is 5.21. The Morgan fingerprint density at radius 2 is 1.81 bits per heavy atom. The van der Waals surface area contributed by atoms with Crippen LogP contribution in [0.4, 0.5) is 0 Å². The number of hydrogen-bond acceptors (Lipinski definition) is 2. The van der Waals surface area contributed by atoms with Gasteiger partial charge in [0.15, 0.2) is 5.78 Å². The average Bonchev–Trinajstić information content (AvgIpc) is 2.47. The summed E-state index contributed by atoms with van der Waals surface area (Å²) in [5.74, 6) is 1.00. The van der Waals surface area contributed by atoms with E-state index in [1.165, 1.54) is 0 Å². The van der Waals surface area contributed by atoms with E-state index in [0.29, 0.717) is 16.5 Å². The van der Waals surface area contributed by atoms with Gasteiger partial charge in [-0.05, 0) is 42.5 Å². The molecule has 0 fully saturated rings. The third-order valence-electron chi connectivity index (χ3n) is 2.87. The van der Waals surface area contributed by atoms with Gasteiger partial charge in [0, 0.05) is 26.4 Å². The van der Waals surface area contributed by atoms with Crippen LogP contribution in [0.3, 0.4) is 0 Å². The minimum Gasteiger partial charge on any atom is -0.294 e. The first-order chi connectivity index (χ1) is 10.1. The predicted octanol–water partition coefficient (Wildman–Crippen LogP) is 6.51. The van der Waals surface area contributed by atoms with Gasteiger partial charge in [-0.15, -0.1) is 11.8 Å². The molecule has 5 heteroatoms. The first-order valence-electron chi connectivity index (χ1n) is 6.43. The largest absolute Gasteiger partial charge is 0.294 e. The predicted molar refractivity (Wildman–Crippen MR) is 94.9 cm³/mol. The van der Waals surface area contributed by atoms with Crippen LogP contribution in [0, 0.1) is 0 Å². The van der Waals surface area contributed by atoms with Crippen molar-refractivity contribution in [1.82, 2.24) is 0 Å². The van der Waals surface area contributed by atoms with E-state index in [-0.39, 0.29) is 5.78 Å². The first-order valence-corrected chi connectivity index (χ1v) is 8.96. The Morgan fingerprint density at radius 1 is 1.10 bits per heavy atom. The Morgan fingerprint density at radius 3 is 2.52 bits per heavy atom. The molecule has 0 aliphatic heterocycles. The fourth-order valence-corrected chi connectivity index (χ4v) is 3.49. The number of rotatable bonds is 6. The maximum absolute atomic E-state index is 12.0. The van der Waals surface area contributed by atoms with Gasteiger partial charge in [0.1, 0.15) is 0 Å². The number of Topliss-reactive ketones (excluding diaryl/α,β-unsaturated/α-hetero) is 1.